The number of nitrogens with one attached hydrogen (secondary N) is 1. The predicted molar refractivity (Wildman–Crippen MR) is 64.8 cm³/mol. The van der Waals surface area contributed by atoms with E-state index in [1.807, 2.05) is 0 Å². The Morgan fingerprint density at radius 2 is 1.94 bits per heavy atom. The maximum Gasteiger partial charge on any atom is 0.180 e. The number of aliphatic hydroxyl groups is 2. The molecule has 0 saturated carbocycles. The van der Waals surface area contributed by atoms with E-state index in [2.05, 4.69) is 10.1 Å². The summed E-state index contributed by atoms with van der Waals surface area (Å²) in [5.41, 5.74) is 12.7. The summed E-state index contributed by atoms with van der Waals surface area (Å²) >= 11 is 0. The van der Waals surface area contributed by atoms with E-state index in [9.17, 15) is 0 Å². The van der Waals surface area contributed by atoms with Gasteiger partial charge in [-0.2, -0.15) is 0 Å². The number of rotatable bonds is 5. The number of aromatic amines is 1. The molecule has 7 N–H and O–H groups in total. The van der Waals surface area contributed by atoms with Gasteiger partial charge in [0.25, 0.3) is 0 Å². The number of H-pyrrole nitrogens is 1. The van der Waals surface area contributed by atoms with Gasteiger partial charge in [0.05, 0.1) is 18.9 Å². The number of anilines is 3. The summed E-state index contributed by atoms with van der Waals surface area (Å²) in [7, 11) is 0. The van der Waals surface area contributed by atoms with Crippen LogP contribution in [0.3, 0.4) is 0 Å². The van der Waals surface area contributed by atoms with Gasteiger partial charge in [0, 0.05) is 19.3 Å². The average molecular weight is 240 g/mol. The van der Waals surface area contributed by atoms with E-state index in [1.165, 1.54) is 0 Å². The molecule has 0 amide bonds. The van der Waals surface area contributed by atoms with E-state index < -0.39 is 0 Å². The highest BCUT2D eigenvalue weighted by Crippen LogP contribution is 2.25. The second-order valence-electron chi connectivity index (χ2n) is 3.64. The van der Waals surface area contributed by atoms with Gasteiger partial charge in [-0.25, -0.2) is 9.50 Å². The standard InChI is InChI=1S/C9H16N6O2/c10-6-5-12-15-7(11)9(13-8(6)15)14(1-3-16)2-4-17/h5,12,16-17H,1-4,10-11H2. The molecule has 2 aromatic heterocycles. The monoisotopic (exact) mass is 240 g/mol. The molecule has 0 spiro atoms. The first kappa shape index (κ1) is 11.6. The molecule has 0 aliphatic rings. The van der Waals surface area contributed by atoms with Crippen LogP contribution in [0.5, 0.6) is 0 Å². The zero-order valence-corrected chi connectivity index (χ0v) is 9.30. The molecule has 0 aliphatic carbocycles. The molecule has 8 nitrogen and oxygen atoms in total. The number of imidazole rings is 1. The lowest BCUT2D eigenvalue weighted by Crippen LogP contribution is -2.30. The van der Waals surface area contributed by atoms with E-state index in [4.69, 9.17) is 21.7 Å². The molecular weight excluding hydrogens is 224 g/mol. The summed E-state index contributed by atoms with van der Waals surface area (Å²) in [6.45, 7) is 0.621. The third-order valence-electron chi connectivity index (χ3n) is 2.54. The van der Waals surface area contributed by atoms with Crippen molar-refractivity contribution in [2.24, 2.45) is 0 Å². The minimum absolute atomic E-state index is 0.0413. The van der Waals surface area contributed by atoms with Gasteiger partial charge in [-0.1, -0.05) is 0 Å². The zero-order chi connectivity index (χ0) is 12.4. The molecule has 0 unspecified atom stereocenters. The van der Waals surface area contributed by atoms with Crippen LogP contribution in [0.4, 0.5) is 17.3 Å². The number of aliphatic hydroxyl groups excluding tert-OH is 2. The SMILES string of the molecule is Nc1c[nH]n2c(N)c(N(CCO)CCO)nc12. The quantitative estimate of drug-likeness (QED) is 0.438. The van der Waals surface area contributed by atoms with Crippen molar-refractivity contribution in [2.45, 2.75) is 0 Å². The van der Waals surface area contributed by atoms with Gasteiger partial charge in [0.2, 0.25) is 0 Å². The molecule has 2 rings (SSSR count). The molecule has 17 heavy (non-hydrogen) atoms. The van der Waals surface area contributed by atoms with Gasteiger partial charge in [0.15, 0.2) is 17.3 Å². The largest absolute Gasteiger partial charge is 0.395 e. The minimum atomic E-state index is -0.0413. The van der Waals surface area contributed by atoms with Crippen molar-refractivity contribution >= 4 is 23.0 Å². The Balaban J connectivity index is 2.41. The highest BCUT2D eigenvalue weighted by Gasteiger charge is 2.17. The van der Waals surface area contributed by atoms with Crippen LogP contribution in [-0.4, -0.2) is 51.1 Å². The fourth-order valence-electron chi connectivity index (χ4n) is 1.74. The maximum atomic E-state index is 8.96. The number of fused-ring (bicyclic) bond motifs is 1. The Hall–Kier alpha value is -1.93. The van der Waals surface area contributed by atoms with Gasteiger partial charge in [0.1, 0.15) is 0 Å². The molecule has 0 radical (unpaired) electrons. The van der Waals surface area contributed by atoms with E-state index in [1.54, 1.807) is 15.6 Å². The maximum absolute atomic E-state index is 8.96. The Bertz CT molecular complexity index is 499. The zero-order valence-electron chi connectivity index (χ0n) is 9.30. The molecule has 0 aromatic carbocycles. The Kier molecular flexibility index (Phi) is 3.07. The van der Waals surface area contributed by atoms with Crippen molar-refractivity contribution in [1.82, 2.24) is 14.6 Å². The lowest BCUT2D eigenvalue weighted by molar-refractivity contribution is 0.281. The third-order valence-corrected chi connectivity index (χ3v) is 2.54. The molecule has 0 bridgehead atoms. The second kappa shape index (κ2) is 4.52. The van der Waals surface area contributed by atoms with Crippen LogP contribution >= 0.6 is 0 Å². The van der Waals surface area contributed by atoms with Crippen molar-refractivity contribution in [2.75, 3.05) is 42.7 Å². The number of nitrogens with zero attached hydrogens (tertiary/aromatic N) is 3. The van der Waals surface area contributed by atoms with E-state index in [0.717, 1.165) is 0 Å². The Morgan fingerprint density at radius 1 is 1.29 bits per heavy atom. The van der Waals surface area contributed by atoms with Gasteiger partial charge < -0.3 is 26.6 Å². The smallest absolute Gasteiger partial charge is 0.180 e. The topological polar surface area (TPSA) is 129 Å². The van der Waals surface area contributed by atoms with Crippen molar-refractivity contribution in [3.05, 3.63) is 6.20 Å². The van der Waals surface area contributed by atoms with Crippen molar-refractivity contribution in [1.29, 1.82) is 0 Å². The number of aromatic nitrogens is 3. The Morgan fingerprint density at radius 3 is 2.47 bits per heavy atom. The minimum Gasteiger partial charge on any atom is -0.395 e. The van der Waals surface area contributed by atoms with Crippen molar-refractivity contribution < 1.29 is 10.2 Å². The number of hydrogen-bond acceptors (Lipinski definition) is 6. The molecule has 2 aromatic rings. The molecule has 2 heterocycles. The first-order valence-electron chi connectivity index (χ1n) is 5.26. The summed E-state index contributed by atoms with van der Waals surface area (Å²) in [4.78, 5) is 6.00. The summed E-state index contributed by atoms with van der Waals surface area (Å²) < 4.78 is 1.56. The van der Waals surface area contributed by atoms with Crippen molar-refractivity contribution in [3.8, 4) is 0 Å². The molecule has 94 valence electrons. The van der Waals surface area contributed by atoms with Crippen LogP contribution in [0.2, 0.25) is 0 Å². The van der Waals surface area contributed by atoms with E-state index in [-0.39, 0.29) is 13.2 Å². The third kappa shape index (κ3) is 1.87. The first-order chi connectivity index (χ1) is 8.19. The van der Waals surface area contributed by atoms with E-state index >= 15 is 0 Å². The molecule has 0 aliphatic heterocycles. The van der Waals surface area contributed by atoms with Gasteiger partial charge in [-0.3, -0.25) is 5.10 Å². The average Bonchev–Trinajstić information content (AvgIpc) is 2.81. The highest BCUT2D eigenvalue weighted by atomic mass is 16.3. The van der Waals surface area contributed by atoms with E-state index in [0.29, 0.717) is 36.1 Å². The normalized spacial score (nSPS) is 11.2. The fourth-order valence-corrected chi connectivity index (χ4v) is 1.74. The molecule has 8 heteroatoms. The highest BCUT2D eigenvalue weighted by molar-refractivity contribution is 5.74. The number of hydrogen-bond donors (Lipinski definition) is 5. The summed E-state index contributed by atoms with van der Waals surface area (Å²) in [5, 5.41) is 20.8. The first-order valence-corrected chi connectivity index (χ1v) is 5.26. The summed E-state index contributed by atoms with van der Waals surface area (Å²) in [6.07, 6.45) is 1.60. The Labute approximate surface area is 97.4 Å². The lowest BCUT2D eigenvalue weighted by Gasteiger charge is -2.20. The number of nitrogens with two attached hydrogens (primary N) is 2. The van der Waals surface area contributed by atoms with Gasteiger partial charge in [-0.05, 0) is 0 Å². The number of nitrogen functional groups attached to an aromatic ring is 2. The fraction of sp³-hybridized carbons (Fsp3) is 0.444. The van der Waals surface area contributed by atoms with Crippen LogP contribution in [0.25, 0.3) is 5.65 Å². The van der Waals surface area contributed by atoms with Gasteiger partial charge >= 0.3 is 0 Å². The molecule has 0 saturated heterocycles. The molecule has 0 fully saturated rings. The summed E-state index contributed by atoms with van der Waals surface area (Å²) in [5.74, 6) is 0.908. The van der Waals surface area contributed by atoms with Crippen molar-refractivity contribution in [3.63, 3.8) is 0 Å². The molecular formula is C9H16N6O2. The predicted octanol–water partition coefficient (Wildman–Crippen LogP) is -1.38. The second-order valence-corrected chi connectivity index (χ2v) is 3.64. The van der Waals surface area contributed by atoms with Gasteiger partial charge in [-0.15, -0.1) is 0 Å². The summed E-state index contributed by atoms with van der Waals surface area (Å²) in [6, 6.07) is 0. The molecule has 0 atom stereocenters. The lowest BCUT2D eigenvalue weighted by atomic mass is 10.4. The van der Waals surface area contributed by atoms with Crippen LogP contribution < -0.4 is 16.4 Å². The van der Waals surface area contributed by atoms with Crippen LogP contribution in [0.15, 0.2) is 6.20 Å². The van der Waals surface area contributed by atoms with Crippen LogP contribution in [0.1, 0.15) is 0 Å². The van der Waals surface area contributed by atoms with Crippen LogP contribution in [-0.2, 0) is 0 Å². The van der Waals surface area contributed by atoms with Crippen LogP contribution in [0, 0.1) is 0 Å².